The number of carbonyl (C=O) groups is 2. The zero-order chi connectivity index (χ0) is 22.7. The molecule has 1 amide bonds. The highest BCUT2D eigenvalue weighted by molar-refractivity contribution is 5.93. The number of carboxylic acids is 1. The van der Waals surface area contributed by atoms with Gasteiger partial charge in [0.1, 0.15) is 5.69 Å². The third kappa shape index (κ3) is 4.69. The van der Waals surface area contributed by atoms with E-state index in [0.29, 0.717) is 17.3 Å². The number of aromatic nitrogens is 2. The average molecular weight is 430 g/mol. The van der Waals surface area contributed by atoms with Gasteiger partial charge in [0.2, 0.25) is 0 Å². The molecule has 2 aromatic carbocycles. The van der Waals surface area contributed by atoms with Crippen LogP contribution in [0.2, 0.25) is 0 Å². The maximum absolute atomic E-state index is 11.9. The van der Waals surface area contributed by atoms with Gasteiger partial charge in [-0.2, -0.15) is 0 Å². The molecule has 1 aliphatic carbocycles. The fourth-order valence-electron chi connectivity index (χ4n) is 4.61. The van der Waals surface area contributed by atoms with Crippen LogP contribution in [-0.2, 0) is 4.79 Å². The zero-order valence-corrected chi connectivity index (χ0v) is 18.1. The van der Waals surface area contributed by atoms with Crippen molar-refractivity contribution in [3.05, 3.63) is 71.5 Å². The second-order valence-corrected chi connectivity index (χ2v) is 8.52. The molecule has 0 atom stereocenters. The number of aryl methyl sites for hydroxylation is 1. The number of benzene rings is 2. The van der Waals surface area contributed by atoms with Crippen LogP contribution in [0.25, 0.3) is 22.5 Å². The van der Waals surface area contributed by atoms with Gasteiger partial charge in [-0.1, -0.05) is 54.6 Å². The smallest absolute Gasteiger partial charge is 0.303 e. The summed E-state index contributed by atoms with van der Waals surface area (Å²) >= 11 is 0. The molecule has 6 nitrogen and oxygen atoms in total. The fourth-order valence-corrected chi connectivity index (χ4v) is 4.61. The van der Waals surface area contributed by atoms with E-state index in [1.807, 2.05) is 42.5 Å². The Labute approximate surface area is 187 Å². The van der Waals surface area contributed by atoms with Crippen LogP contribution in [0.15, 0.2) is 54.6 Å². The molecule has 1 saturated carbocycles. The van der Waals surface area contributed by atoms with Crippen LogP contribution in [0, 0.1) is 12.8 Å². The van der Waals surface area contributed by atoms with Crippen LogP contribution in [0.1, 0.15) is 59.8 Å². The first-order chi connectivity index (χ1) is 15.4. The summed E-state index contributed by atoms with van der Waals surface area (Å²) in [4.78, 5) is 32.1. The maximum Gasteiger partial charge on any atom is 0.303 e. The molecule has 1 aliphatic rings. The molecule has 3 N–H and O–H groups in total. The topological polar surface area (TPSA) is 106 Å². The summed E-state index contributed by atoms with van der Waals surface area (Å²) in [5.74, 6) is -0.577. The van der Waals surface area contributed by atoms with E-state index in [4.69, 9.17) is 10.8 Å². The third-order valence-electron chi connectivity index (χ3n) is 6.32. The van der Waals surface area contributed by atoms with Crippen molar-refractivity contribution >= 4 is 11.9 Å². The molecule has 0 bridgehead atoms. The molecule has 0 spiro atoms. The van der Waals surface area contributed by atoms with Gasteiger partial charge in [0.15, 0.2) is 0 Å². The SMILES string of the molecule is Cc1nc(-c2ccccc2)c(-c2ccc(C3CCC(CC(=O)O)CC3)cc2)nc1C(N)=O. The first kappa shape index (κ1) is 21.7. The molecule has 4 rings (SSSR count). The highest BCUT2D eigenvalue weighted by Gasteiger charge is 2.24. The number of carbonyl (C=O) groups excluding carboxylic acids is 1. The van der Waals surface area contributed by atoms with E-state index in [0.717, 1.165) is 42.5 Å². The maximum atomic E-state index is 11.9. The van der Waals surface area contributed by atoms with Crippen LogP contribution in [0.4, 0.5) is 0 Å². The lowest BCUT2D eigenvalue weighted by molar-refractivity contribution is -0.138. The van der Waals surface area contributed by atoms with Crippen LogP contribution < -0.4 is 5.73 Å². The Hall–Kier alpha value is -3.54. The van der Waals surface area contributed by atoms with Crippen molar-refractivity contribution in [1.29, 1.82) is 0 Å². The number of nitrogens with zero attached hydrogens (tertiary/aromatic N) is 2. The minimum Gasteiger partial charge on any atom is -0.481 e. The summed E-state index contributed by atoms with van der Waals surface area (Å²) in [5, 5.41) is 9.02. The van der Waals surface area contributed by atoms with Gasteiger partial charge in [-0.25, -0.2) is 9.97 Å². The Bertz CT molecular complexity index is 1120. The van der Waals surface area contributed by atoms with Gasteiger partial charge in [0.05, 0.1) is 17.1 Å². The molecule has 6 heteroatoms. The summed E-state index contributed by atoms with van der Waals surface area (Å²) < 4.78 is 0. The first-order valence-electron chi connectivity index (χ1n) is 11.0. The average Bonchev–Trinajstić information content (AvgIpc) is 2.79. The number of aliphatic carboxylic acids is 1. The molecular weight excluding hydrogens is 402 g/mol. The van der Waals surface area contributed by atoms with Gasteiger partial charge >= 0.3 is 5.97 Å². The lowest BCUT2D eigenvalue weighted by atomic mass is 9.77. The van der Waals surface area contributed by atoms with Gasteiger partial charge in [-0.15, -0.1) is 0 Å². The van der Waals surface area contributed by atoms with E-state index in [1.54, 1.807) is 6.92 Å². The van der Waals surface area contributed by atoms with Crippen molar-refractivity contribution in [3.63, 3.8) is 0 Å². The standard InChI is InChI=1S/C26H27N3O3/c1-16-23(26(27)32)29-25(24(28-16)20-5-3-2-4-6-20)21-13-11-19(12-14-21)18-9-7-17(8-10-18)15-22(30)31/h2-6,11-14,17-18H,7-10,15H2,1H3,(H2,27,32)(H,30,31). The second kappa shape index (κ2) is 9.30. The monoisotopic (exact) mass is 429 g/mol. The molecule has 32 heavy (non-hydrogen) atoms. The Morgan fingerprint density at radius 3 is 2.09 bits per heavy atom. The minimum absolute atomic E-state index is 0.181. The predicted molar refractivity (Wildman–Crippen MR) is 123 cm³/mol. The summed E-state index contributed by atoms with van der Waals surface area (Å²) in [6.45, 7) is 1.74. The van der Waals surface area contributed by atoms with E-state index in [9.17, 15) is 9.59 Å². The normalized spacial score (nSPS) is 18.3. The highest BCUT2D eigenvalue weighted by atomic mass is 16.4. The molecule has 164 valence electrons. The number of nitrogens with two attached hydrogens (primary N) is 1. The van der Waals surface area contributed by atoms with E-state index in [2.05, 4.69) is 22.1 Å². The number of primary amides is 1. The number of carboxylic acid groups (broad SMARTS) is 1. The summed E-state index contributed by atoms with van der Waals surface area (Å²) in [6.07, 6.45) is 4.16. The van der Waals surface area contributed by atoms with E-state index >= 15 is 0 Å². The van der Waals surface area contributed by atoms with Gasteiger partial charge in [-0.05, 0) is 50.0 Å². The molecular formula is C26H27N3O3. The first-order valence-corrected chi connectivity index (χ1v) is 11.0. The molecule has 1 fully saturated rings. The molecule has 0 unspecified atom stereocenters. The number of hydrogen-bond acceptors (Lipinski definition) is 4. The minimum atomic E-state index is -0.707. The summed E-state index contributed by atoms with van der Waals surface area (Å²) in [7, 11) is 0. The van der Waals surface area contributed by atoms with Crippen LogP contribution in [0.3, 0.4) is 0 Å². The van der Waals surface area contributed by atoms with E-state index in [-0.39, 0.29) is 18.0 Å². The summed E-state index contributed by atoms with van der Waals surface area (Å²) in [6, 6.07) is 18.0. The van der Waals surface area contributed by atoms with Gasteiger partial charge in [0.25, 0.3) is 5.91 Å². The Morgan fingerprint density at radius 2 is 1.50 bits per heavy atom. The predicted octanol–water partition coefficient (Wildman–Crippen LogP) is 4.97. The van der Waals surface area contributed by atoms with Crippen molar-refractivity contribution in [1.82, 2.24) is 9.97 Å². The molecule has 1 heterocycles. The van der Waals surface area contributed by atoms with Crippen molar-refractivity contribution in [3.8, 4) is 22.5 Å². The van der Waals surface area contributed by atoms with Crippen molar-refractivity contribution in [2.45, 2.75) is 44.9 Å². The molecule has 3 aromatic rings. The molecule has 1 aromatic heterocycles. The number of amides is 1. The highest BCUT2D eigenvalue weighted by Crippen LogP contribution is 2.38. The molecule has 0 radical (unpaired) electrons. The Morgan fingerprint density at radius 1 is 0.906 bits per heavy atom. The molecule has 0 aliphatic heterocycles. The third-order valence-corrected chi connectivity index (χ3v) is 6.32. The van der Waals surface area contributed by atoms with Crippen LogP contribution in [-0.4, -0.2) is 27.0 Å². The Kier molecular flexibility index (Phi) is 6.30. The number of rotatable bonds is 6. The van der Waals surface area contributed by atoms with Gasteiger partial charge in [-0.3, -0.25) is 9.59 Å². The number of hydrogen-bond donors (Lipinski definition) is 2. The van der Waals surface area contributed by atoms with Gasteiger partial charge in [0, 0.05) is 17.5 Å². The van der Waals surface area contributed by atoms with Crippen molar-refractivity contribution in [2.75, 3.05) is 0 Å². The van der Waals surface area contributed by atoms with E-state index in [1.165, 1.54) is 5.56 Å². The van der Waals surface area contributed by atoms with Gasteiger partial charge < -0.3 is 10.8 Å². The lowest BCUT2D eigenvalue weighted by Gasteiger charge is -2.28. The van der Waals surface area contributed by atoms with Crippen LogP contribution in [0.5, 0.6) is 0 Å². The van der Waals surface area contributed by atoms with Crippen molar-refractivity contribution in [2.24, 2.45) is 11.7 Å². The van der Waals surface area contributed by atoms with Crippen molar-refractivity contribution < 1.29 is 14.7 Å². The molecule has 0 saturated heterocycles. The fraction of sp³-hybridized carbons (Fsp3) is 0.308. The van der Waals surface area contributed by atoms with Crippen LogP contribution >= 0.6 is 0 Å². The quantitative estimate of drug-likeness (QED) is 0.576. The zero-order valence-electron chi connectivity index (χ0n) is 18.1. The summed E-state index contributed by atoms with van der Waals surface area (Å²) in [5.41, 5.74) is 10.6. The lowest BCUT2D eigenvalue weighted by Crippen LogP contribution is -2.17. The Balaban J connectivity index is 1.63. The second-order valence-electron chi connectivity index (χ2n) is 8.52. The largest absolute Gasteiger partial charge is 0.481 e. The van der Waals surface area contributed by atoms with E-state index < -0.39 is 11.9 Å².